The van der Waals surface area contributed by atoms with E-state index in [-0.39, 0.29) is 11.7 Å². The molecule has 0 aliphatic heterocycles. The van der Waals surface area contributed by atoms with Gasteiger partial charge in [-0.05, 0) is 26.9 Å². The zero-order valence-corrected chi connectivity index (χ0v) is 11.7. The van der Waals surface area contributed by atoms with Crippen LogP contribution >= 0.6 is 0 Å². The van der Waals surface area contributed by atoms with E-state index in [9.17, 15) is 9.59 Å². The Morgan fingerprint density at radius 3 is 2.53 bits per heavy atom. The van der Waals surface area contributed by atoms with Crippen molar-refractivity contribution in [2.75, 3.05) is 26.7 Å². The highest BCUT2D eigenvalue weighted by Gasteiger charge is 2.08. The number of nitrogens with one attached hydrogen (secondary N) is 1. The number of hydrogen-bond donors (Lipinski definition) is 1. The third-order valence-corrected chi connectivity index (χ3v) is 2.83. The summed E-state index contributed by atoms with van der Waals surface area (Å²) >= 11 is 0. The molecule has 0 heterocycles. The van der Waals surface area contributed by atoms with Crippen molar-refractivity contribution < 1.29 is 9.59 Å². The predicted octanol–water partition coefficient (Wildman–Crippen LogP) is 1.72. The number of likely N-dealkylation sites (N-methyl/N-ethyl adjacent to an activating group) is 2. The molecule has 4 heteroatoms. The molecule has 0 radical (unpaired) electrons. The summed E-state index contributed by atoms with van der Waals surface area (Å²) in [5.74, 6) is 0.186. The van der Waals surface area contributed by atoms with Crippen molar-refractivity contribution in [2.45, 2.75) is 19.8 Å². The molecular weight excluding hydrogens is 240 g/mol. The summed E-state index contributed by atoms with van der Waals surface area (Å²) in [7, 11) is 1.89. The van der Waals surface area contributed by atoms with Crippen molar-refractivity contribution in [3.63, 3.8) is 0 Å². The highest BCUT2D eigenvalue weighted by molar-refractivity contribution is 5.95. The molecule has 1 aromatic carbocycles. The van der Waals surface area contributed by atoms with Crippen LogP contribution in [0.4, 0.5) is 0 Å². The van der Waals surface area contributed by atoms with Crippen LogP contribution in [0.2, 0.25) is 0 Å². The van der Waals surface area contributed by atoms with Crippen molar-refractivity contribution in [1.82, 2.24) is 10.2 Å². The van der Waals surface area contributed by atoms with Gasteiger partial charge in [0, 0.05) is 18.5 Å². The molecule has 1 rings (SSSR count). The van der Waals surface area contributed by atoms with Crippen LogP contribution in [0.1, 0.15) is 30.1 Å². The lowest BCUT2D eigenvalue weighted by atomic mass is 10.1. The van der Waals surface area contributed by atoms with E-state index in [0.717, 1.165) is 18.5 Å². The summed E-state index contributed by atoms with van der Waals surface area (Å²) in [6.07, 6.45) is 1.29. The highest BCUT2D eigenvalue weighted by atomic mass is 16.2. The van der Waals surface area contributed by atoms with Gasteiger partial charge in [-0.3, -0.25) is 14.5 Å². The average molecular weight is 262 g/mol. The standard InChI is InChI=1S/C15H22N2O2/c1-3-16-15(19)12-17(2)11-7-10-14(18)13-8-5-4-6-9-13/h4-6,8-9H,3,7,10-12H2,1-2H3,(H,16,19). The van der Waals surface area contributed by atoms with Crippen LogP contribution in [-0.4, -0.2) is 43.3 Å². The molecule has 0 unspecified atom stereocenters. The lowest BCUT2D eigenvalue weighted by molar-refractivity contribution is -0.121. The molecule has 1 aromatic rings. The van der Waals surface area contributed by atoms with Crippen LogP contribution in [0.25, 0.3) is 0 Å². The van der Waals surface area contributed by atoms with Crippen molar-refractivity contribution in [3.8, 4) is 0 Å². The van der Waals surface area contributed by atoms with E-state index in [2.05, 4.69) is 5.32 Å². The van der Waals surface area contributed by atoms with E-state index < -0.39 is 0 Å². The zero-order valence-electron chi connectivity index (χ0n) is 11.7. The summed E-state index contributed by atoms with van der Waals surface area (Å²) in [5.41, 5.74) is 0.758. The van der Waals surface area contributed by atoms with E-state index in [4.69, 9.17) is 0 Å². The van der Waals surface area contributed by atoms with Crippen LogP contribution < -0.4 is 5.32 Å². The smallest absolute Gasteiger partial charge is 0.234 e. The lowest BCUT2D eigenvalue weighted by Crippen LogP contribution is -2.35. The maximum absolute atomic E-state index is 11.9. The van der Waals surface area contributed by atoms with Gasteiger partial charge in [0.25, 0.3) is 0 Å². The summed E-state index contributed by atoms with van der Waals surface area (Å²) < 4.78 is 0. The van der Waals surface area contributed by atoms with E-state index in [0.29, 0.717) is 19.5 Å². The number of amides is 1. The van der Waals surface area contributed by atoms with Crippen LogP contribution in [0, 0.1) is 0 Å². The predicted molar refractivity (Wildman–Crippen MR) is 76.2 cm³/mol. The van der Waals surface area contributed by atoms with Crippen LogP contribution in [-0.2, 0) is 4.79 Å². The van der Waals surface area contributed by atoms with Gasteiger partial charge in [-0.25, -0.2) is 0 Å². The Bertz CT molecular complexity index is 404. The number of ketones is 1. The first-order chi connectivity index (χ1) is 9.13. The number of hydrogen-bond acceptors (Lipinski definition) is 3. The molecule has 1 amide bonds. The Labute approximate surface area is 114 Å². The van der Waals surface area contributed by atoms with Crippen LogP contribution in [0.5, 0.6) is 0 Å². The third-order valence-electron chi connectivity index (χ3n) is 2.83. The summed E-state index contributed by atoms with van der Waals surface area (Å²) in [4.78, 5) is 25.1. The molecule has 0 bridgehead atoms. The van der Waals surface area contributed by atoms with Gasteiger partial charge in [-0.2, -0.15) is 0 Å². The number of benzene rings is 1. The van der Waals surface area contributed by atoms with Crippen LogP contribution in [0.15, 0.2) is 30.3 Å². The maximum atomic E-state index is 11.9. The van der Waals surface area contributed by atoms with E-state index in [1.807, 2.05) is 49.2 Å². The fourth-order valence-corrected chi connectivity index (χ4v) is 1.86. The molecule has 0 aromatic heterocycles. The summed E-state index contributed by atoms with van der Waals surface area (Å²) in [6, 6.07) is 9.31. The minimum Gasteiger partial charge on any atom is -0.355 e. The molecule has 19 heavy (non-hydrogen) atoms. The second-order valence-electron chi connectivity index (χ2n) is 4.58. The van der Waals surface area contributed by atoms with Crippen LogP contribution in [0.3, 0.4) is 0 Å². The highest BCUT2D eigenvalue weighted by Crippen LogP contribution is 2.05. The molecule has 0 fully saturated rings. The van der Waals surface area contributed by atoms with E-state index in [1.54, 1.807) is 0 Å². The molecule has 0 aliphatic carbocycles. The number of carbonyl (C=O) groups is 2. The first kappa shape index (κ1) is 15.4. The Hall–Kier alpha value is -1.68. The number of Topliss-reactive ketones (excluding diaryl/α,β-unsaturated/α-hetero) is 1. The minimum atomic E-state index is 0.0272. The largest absolute Gasteiger partial charge is 0.355 e. The fraction of sp³-hybridized carbons (Fsp3) is 0.467. The molecule has 104 valence electrons. The fourth-order valence-electron chi connectivity index (χ4n) is 1.86. The summed E-state index contributed by atoms with van der Waals surface area (Å²) in [6.45, 7) is 3.68. The molecule has 0 atom stereocenters. The van der Waals surface area contributed by atoms with Gasteiger partial charge in [0.2, 0.25) is 5.91 Å². The molecule has 0 spiro atoms. The Balaban J connectivity index is 2.23. The molecule has 0 aliphatic rings. The molecular formula is C15H22N2O2. The van der Waals surface area contributed by atoms with Gasteiger partial charge >= 0.3 is 0 Å². The second-order valence-corrected chi connectivity index (χ2v) is 4.58. The number of nitrogens with zero attached hydrogens (tertiary/aromatic N) is 1. The van der Waals surface area contributed by atoms with Gasteiger partial charge in [0.1, 0.15) is 0 Å². The Morgan fingerprint density at radius 2 is 1.89 bits per heavy atom. The minimum absolute atomic E-state index is 0.0272. The Morgan fingerprint density at radius 1 is 1.21 bits per heavy atom. The van der Waals surface area contributed by atoms with Gasteiger partial charge < -0.3 is 5.32 Å². The van der Waals surface area contributed by atoms with Gasteiger partial charge in [-0.15, -0.1) is 0 Å². The summed E-state index contributed by atoms with van der Waals surface area (Å²) in [5, 5.41) is 2.75. The number of carbonyl (C=O) groups excluding carboxylic acids is 2. The zero-order chi connectivity index (χ0) is 14.1. The maximum Gasteiger partial charge on any atom is 0.234 e. The van der Waals surface area contributed by atoms with Gasteiger partial charge in [0.05, 0.1) is 6.54 Å². The topological polar surface area (TPSA) is 49.4 Å². The van der Waals surface area contributed by atoms with Crippen molar-refractivity contribution >= 4 is 11.7 Å². The van der Waals surface area contributed by atoms with Gasteiger partial charge in [0.15, 0.2) is 5.78 Å². The van der Waals surface area contributed by atoms with Crippen molar-refractivity contribution in [2.24, 2.45) is 0 Å². The first-order valence-corrected chi connectivity index (χ1v) is 6.67. The van der Waals surface area contributed by atoms with Crippen molar-refractivity contribution in [3.05, 3.63) is 35.9 Å². The van der Waals surface area contributed by atoms with Crippen molar-refractivity contribution in [1.29, 1.82) is 0 Å². The number of rotatable bonds is 8. The third kappa shape index (κ3) is 6.15. The first-order valence-electron chi connectivity index (χ1n) is 6.67. The monoisotopic (exact) mass is 262 g/mol. The molecule has 0 saturated heterocycles. The van der Waals surface area contributed by atoms with E-state index >= 15 is 0 Å². The normalized spacial score (nSPS) is 10.5. The SMILES string of the molecule is CCNC(=O)CN(C)CCCC(=O)c1ccccc1. The van der Waals surface area contributed by atoms with E-state index in [1.165, 1.54) is 0 Å². The Kier molecular flexibility index (Phi) is 6.82. The molecule has 4 nitrogen and oxygen atoms in total. The lowest BCUT2D eigenvalue weighted by Gasteiger charge is -2.15. The average Bonchev–Trinajstić information content (AvgIpc) is 2.39. The quantitative estimate of drug-likeness (QED) is 0.726. The molecule has 1 N–H and O–H groups in total. The van der Waals surface area contributed by atoms with Gasteiger partial charge in [-0.1, -0.05) is 30.3 Å². The second kappa shape index (κ2) is 8.43. The molecule has 0 saturated carbocycles.